The molecule has 0 heterocycles. The summed E-state index contributed by atoms with van der Waals surface area (Å²) >= 11 is 0. The Balaban J connectivity index is 4.04. The van der Waals surface area contributed by atoms with Crippen LogP contribution in [0.25, 0.3) is 0 Å². The minimum atomic E-state index is 0.187. The molecule has 0 aliphatic heterocycles. The summed E-state index contributed by atoms with van der Waals surface area (Å²) in [4.78, 5) is 2.03. The molecule has 0 aliphatic rings. The van der Waals surface area contributed by atoms with E-state index in [2.05, 4.69) is 13.1 Å². The average Bonchev–Trinajstić information content (AvgIpc) is 1.81. The Morgan fingerprint density at radius 3 is 2.20 bits per heavy atom. The number of rotatable bonds is 3. The van der Waals surface area contributed by atoms with E-state index in [1.807, 2.05) is 25.9 Å². The number of hydrogen-bond acceptors (Lipinski definition) is 2. The number of hydrogen-bond donors (Lipinski definition) is 1. The van der Waals surface area contributed by atoms with Crippen molar-refractivity contribution in [1.82, 2.24) is 4.90 Å². The smallest absolute Gasteiger partial charge is 0.0242 e. The lowest BCUT2D eigenvalue weighted by Gasteiger charge is -2.12. The van der Waals surface area contributed by atoms with Crippen LogP contribution in [-0.2, 0) is 0 Å². The van der Waals surface area contributed by atoms with Crippen molar-refractivity contribution in [1.29, 1.82) is 0 Å². The summed E-state index contributed by atoms with van der Waals surface area (Å²) in [5, 5.41) is 0. The highest BCUT2D eigenvalue weighted by atomic mass is 15.0. The first kappa shape index (κ1) is 9.50. The Bertz CT molecular complexity index is 114. The van der Waals surface area contributed by atoms with Crippen LogP contribution in [0.3, 0.4) is 0 Å². The van der Waals surface area contributed by atoms with Gasteiger partial charge in [0, 0.05) is 20.1 Å². The molecule has 0 amide bonds. The molecule has 0 unspecified atom stereocenters. The second-order valence-electron chi connectivity index (χ2n) is 2.81. The molecule has 2 N–H and O–H groups in total. The molecule has 1 atom stereocenters. The summed E-state index contributed by atoms with van der Waals surface area (Å²) in [6.07, 6.45) is 3.13. The lowest BCUT2D eigenvalue weighted by atomic mass is 10.1. The Labute approximate surface area is 63.7 Å². The van der Waals surface area contributed by atoms with Crippen LogP contribution in [0.15, 0.2) is 11.8 Å². The van der Waals surface area contributed by atoms with Gasteiger partial charge in [0.2, 0.25) is 0 Å². The van der Waals surface area contributed by atoms with Crippen LogP contribution in [0, 0.1) is 0 Å². The maximum Gasteiger partial charge on any atom is 0.0242 e. The average molecular weight is 142 g/mol. The molecule has 0 bridgehead atoms. The van der Waals surface area contributed by atoms with E-state index in [-0.39, 0.29) is 6.04 Å². The van der Waals surface area contributed by atoms with Crippen molar-refractivity contribution in [3.63, 3.8) is 0 Å². The first-order valence-corrected chi connectivity index (χ1v) is 3.70. The van der Waals surface area contributed by atoms with E-state index in [0.29, 0.717) is 0 Å². The van der Waals surface area contributed by atoms with Crippen molar-refractivity contribution < 1.29 is 0 Å². The first-order chi connectivity index (χ1) is 4.57. The fraction of sp³-hybridized carbons (Fsp3) is 0.750. The second kappa shape index (κ2) is 4.34. The van der Waals surface area contributed by atoms with Gasteiger partial charge >= 0.3 is 0 Å². The van der Waals surface area contributed by atoms with Crippen LogP contribution in [0.5, 0.6) is 0 Å². The predicted molar refractivity (Wildman–Crippen MR) is 45.7 cm³/mol. The number of nitrogens with two attached hydrogens (primary N) is 1. The summed E-state index contributed by atoms with van der Waals surface area (Å²) in [6.45, 7) is 4.14. The molecule has 10 heavy (non-hydrogen) atoms. The molecule has 0 saturated heterocycles. The Morgan fingerprint density at radius 1 is 1.60 bits per heavy atom. The topological polar surface area (TPSA) is 29.3 Å². The highest BCUT2D eigenvalue weighted by Gasteiger charge is 1.99. The summed E-state index contributed by atoms with van der Waals surface area (Å²) in [7, 11) is 4.02. The molecule has 0 aromatic rings. The minimum absolute atomic E-state index is 0.187. The molecule has 0 aromatic carbocycles. The normalized spacial score (nSPS) is 15.1. The minimum Gasteiger partial charge on any atom is -0.383 e. The second-order valence-corrected chi connectivity index (χ2v) is 2.81. The zero-order chi connectivity index (χ0) is 8.15. The lowest BCUT2D eigenvalue weighted by molar-refractivity contribution is 0.548. The van der Waals surface area contributed by atoms with Gasteiger partial charge in [-0.3, -0.25) is 0 Å². The van der Waals surface area contributed by atoms with Gasteiger partial charge in [-0.1, -0.05) is 6.92 Å². The van der Waals surface area contributed by atoms with Crippen molar-refractivity contribution in [2.24, 2.45) is 5.73 Å². The third-order valence-electron chi connectivity index (χ3n) is 1.42. The fourth-order valence-corrected chi connectivity index (χ4v) is 0.862. The van der Waals surface area contributed by atoms with Crippen molar-refractivity contribution in [3.8, 4) is 0 Å². The van der Waals surface area contributed by atoms with Gasteiger partial charge in [0.05, 0.1) is 0 Å². The van der Waals surface area contributed by atoms with Crippen molar-refractivity contribution >= 4 is 0 Å². The van der Waals surface area contributed by atoms with Gasteiger partial charge in [-0.05, 0) is 25.1 Å². The van der Waals surface area contributed by atoms with E-state index >= 15 is 0 Å². The lowest BCUT2D eigenvalue weighted by Crippen LogP contribution is -2.19. The molecule has 2 nitrogen and oxygen atoms in total. The molecule has 0 fully saturated rings. The van der Waals surface area contributed by atoms with Gasteiger partial charge in [0.25, 0.3) is 0 Å². The Kier molecular flexibility index (Phi) is 4.12. The van der Waals surface area contributed by atoms with Crippen LogP contribution < -0.4 is 5.73 Å². The van der Waals surface area contributed by atoms with Gasteiger partial charge in [-0.2, -0.15) is 0 Å². The van der Waals surface area contributed by atoms with Crippen molar-refractivity contribution in [2.75, 3.05) is 14.1 Å². The molecule has 0 saturated carbocycles. The van der Waals surface area contributed by atoms with Crippen LogP contribution in [-0.4, -0.2) is 25.0 Å². The van der Waals surface area contributed by atoms with Crippen molar-refractivity contribution in [3.05, 3.63) is 11.8 Å². The quantitative estimate of drug-likeness (QED) is 0.641. The highest BCUT2D eigenvalue weighted by Crippen LogP contribution is 2.04. The SMILES string of the molecule is CC/C(=C\N(C)C)[C@@H](C)N. The Hall–Kier alpha value is -0.500. The molecule has 0 aliphatic carbocycles. The molecule has 0 aromatic heterocycles. The first-order valence-electron chi connectivity index (χ1n) is 3.70. The van der Waals surface area contributed by atoms with Gasteiger partial charge in [0.15, 0.2) is 0 Å². The van der Waals surface area contributed by atoms with Gasteiger partial charge < -0.3 is 10.6 Å². The molecular weight excluding hydrogens is 124 g/mol. The van der Waals surface area contributed by atoms with Crippen LogP contribution >= 0.6 is 0 Å². The third-order valence-corrected chi connectivity index (χ3v) is 1.42. The summed E-state index contributed by atoms with van der Waals surface area (Å²) in [5.41, 5.74) is 7.00. The van der Waals surface area contributed by atoms with Crippen LogP contribution in [0.1, 0.15) is 20.3 Å². The van der Waals surface area contributed by atoms with Crippen LogP contribution in [0.4, 0.5) is 0 Å². The molecule has 60 valence electrons. The van der Waals surface area contributed by atoms with E-state index in [0.717, 1.165) is 6.42 Å². The molecular formula is C8H18N2. The molecule has 0 spiro atoms. The maximum absolute atomic E-state index is 5.70. The standard InChI is InChI=1S/C8H18N2/c1-5-8(7(2)9)6-10(3)4/h6-7H,5,9H2,1-4H3/b8-6+/t7-/m1/s1. The largest absolute Gasteiger partial charge is 0.383 e. The van der Waals surface area contributed by atoms with Crippen LogP contribution in [0.2, 0.25) is 0 Å². The van der Waals surface area contributed by atoms with E-state index < -0.39 is 0 Å². The summed E-state index contributed by atoms with van der Waals surface area (Å²) in [6, 6.07) is 0.187. The number of nitrogens with zero attached hydrogens (tertiary/aromatic N) is 1. The van der Waals surface area contributed by atoms with Crippen molar-refractivity contribution in [2.45, 2.75) is 26.3 Å². The molecule has 0 rings (SSSR count). The fourth-order valence-electron chi connectivity index (χ4n) is 0.862. The highest BCUT2D eigenvalue weighted by molar-refractivity contribution is 5.06. The third kappa shape index (κ3) is 3.51. The Morgan fingerprint density at radius 2 is 2.10 bits per heavy atom. The predicted octanol–water partition coefficient (Wildman–Crippen LogP) is 1.19. The van der Waals surface area contributed by atoms with E-state index in [1.54, 1.807) is 0 Å². The summed E-state index contributed by atoms with van der Waals surface area (Å²) in [5.74, 6) is 0. The van der Waals surface area contributed by atoms with Gasteiger partial charge in [0.1, 0.15) is 0 Å². The summed E-state index contributed by atoms with van der Waals surface area (Å²) < 4.78 is 0. The van der Waals surface area contributed by atoms with E-state index in [4.69, 9.17) is 5.73 Å². The molecule has 2 heteroatoms. The van der Waals surface area contributed by atoms with E-state index in [9.17, 15) is 0 Å². The van der Waals surface area contributed by atoms with Gasteiger partial charge in [-0.25, -0.2) is 0 Å². The van der Waals surface area contributed by atoms with Gasteiger partial charge in [-0.15, -0.1) is 0 Å². The zero-order valence-corrected chi connectivity index (χ0v) is 7.39. The maximum atomic E-state index is 5.70. The zero-order valence-electron chi connectivity index (χ0n) is 7.39. The molecule has 0 radical (unpaired) electrons. The van der Waals surface area contributed by atoms with E-state index in [1.165, 1.54) is 5.57 Å². The monoisotopic (exact) mass is 142 g/mol.